The molecule has 3 heterocycles. The first-order chi connectivity index (χ1) is 21.4. The Balaban J connectivity index is 1.51. The summed E-state index contributed by atoms with van der Waals surface area (Å²) >= 11 is 0. The Morgan fingerprint density at radius 1 is 1.02 bits per heavy atom. The van der Waals surface area contributed by atoms with Crippen molar-refractivity contribution in [1.29, 1.82) is 0 Å². The Bertz CT molecular complexity index is 1970. The topological polar surface area (TPSA) is 135 Å². The van der Waals surface area contributed by atoms with Gasteiger partial charge >= 0.3 is 0 Å². The number of carbonyl (C=O) groups is 2. The molecule has 0 bridgehead atoms. The summed E-state index contributed by atoms with van der Waals surface area (Å²) in [5, 5.41) is -0.0143. The number of nitrogens with one attached hydrogen (secondary N) is 1. The van der Waals surface area contributed by atoms with Crippen molar-refractivity contribution in [2.75, 3.05) is 42.9 Å². The molecule has 228 valence electrons. The minimum atomic E-state index is -4.66. The molecule has 0 atom stereocenters. The van der Waals surface area contributed by atoms with Gasteiger partial charge in [-0.05, 0) is 49.4 Å². The molecule has 4 aromatic rings. The zero-order valence-corrected chi connectivity index (χ0v) is 24.2. The standard InChI is InChI=1S/C29H25F3N6O5S/c1-17(39)3-8-25(40)37-9-11-38(12-10-37)28-26-22(34-16-35-28)7-5-20(27(26)32)18-13-23(29(43-2)33-15-18)36-44(41,42)24-14-19(30)4-6-21(24)31/h3-8,13-16,36H,9-12H2,1-2H3/b8-3+/i16D. The molecule has 11 nitrogen and oxygen atoms in total. The average Bonchev–Trinajstić information content (AvgIpc) is 3.00. The molecule has 0 unspecified atom stereocenters. The van der Waals surface area contributed by atoms with Crippen LogP contribution >= 0.6 is 0 Å². The summed E-state index contributed by atoms with van der Waals surface area (Å²) < 4.78 is 85.6. The molecule has 1 saturated heterocycles. The number of nitrogens with zero attached hydrogens (tertiary/aromatic N) is 5. The number of carbonyl (C=O) groups excluding carboxylic acids is 2. The molecule has 0 aliphatic carbocycles. The number of hydrogen-bond acceptors (Lipinski definition) is 9. The molecule has 1 aliphatic rings. The third-order valence-electron chi connectivity index (χ3n) is 6.80. The number of methoxy groups -OCH3 is 1. The van der Waals surface area contributed by atoms with E-state index in [0.717, 1.165) is 6.07 Å². The number of piperazine rings is 1. The van der Waals surface area contributed by atoms with Crippen molar-refractivity contribution < 1.29 is 37.3 Å². The minimum Gasteiger partial charge on any atom is -0.480 e. The maximum absolute atomic E-state index is 16.3. The fourth-order valence-electron chi connectivity index (χ4n) is 4.66. The third-order valence-corrected chi connectivity index (χ3v) is 8.18. The van der Waals surface area contributed by atoms with Crippen molar-refractivity contribution in [2.45, 2.75) is 11.8 Å². The number of amides is 1. The van der Waals surface area contributed by atoms with E-state index in [1.165, 1.54) is 55.5 Å². The van der Waals surface area contributed by atoms with Crippen LogP contribution in [-0.2, 0) is 19.6 Å². The summed E-state index contributed by atoms with van der Waals surface area (Å²) in [6.07, 6.45) is 3.26. The Kier molecular flexibility index (Phi) is 8.11. The molecule has 2 aromatic carbocycles. The molecule has 15 heteroatoms. The van der Waals surface area contributed by atoms with Gasteiger partial charge in [0.2, 0.25) is 11.8 Å². The van der Waals surface area contributed by atoms with E-state index in [-0.39, 0.29) is 83.6 Å². The van der Waals surface area contributed by atoms with Gasteiger partial charge in [0.05, 0.1) is 18.0 Å². The Morgan fingerprint density at radius 3 is 2.48 bits per heavy atom. The summed E-state index contributed by atoms with van der Waals surface area (Å²) in [6, 6.07) is 6.04. The van der Waals surface area contributed by atoms with Crippen LogP contribution in [0.3, 0.4) is 0 Å². The summed E-state index contributed by atoms with van der Waals surface area (Å²) in [5.41, 5.74) is -0.0594. The lowest BCUT2D eigenvalue weighted by molar-refractivity contribution is -0.126. The Hall–Kier alpha value is -5.05. The van der Waals surface area contributed by atoms with Gasteiger partial charge in [0, 0.05) is 49.6 Å². The quantitative estimate of drug-likeness (QED) is 0.290. The molecule has 1 aliphatic heterocycles. The normalized spacial score (nSPS) is 14.2. The predicted molar refractivity (Wildman–Crippen MR) is 155 cm³/mol. The highest BCUT2D eigenvalue weighted by Gasteiger charge is 2.26. The zero-order chi connectivity index (χ0) is 32.5. The van der Waals surface area contributed by atoms with Crippen LogP contribution in [0.1, 0.15) is 8.29 Å². The lowest BCUT2D eigenvalue weighted by Gasteiger charge is -2.35. The zero-order valence-electron chi connectivity index (χ0n) is 24.3. The first kappa shape index (κ1) is 29.0. The van der Waals surface area contributed by atoms with Gasteiger partial charge in [-0.1, -0.05) is 0 Å². The number of sulfonamides is 1. The average molecular weight is 628 g/mol. The monoisotopic (exact) mass is 627 g/mol. The molecule has 1 amide bonds. The van der Waals surface area contributed by atoms with Crippen molar-refractivity contribution in [3.05, 3.63) is 78.5 Å². The maximum Gasteiger partial charge on any atom is 0.265 e. The number of halogens is 3. The molecule has 1 fully saturated rings. The van der Waals surface area contributed by atoms with Crippen LogP contribution in [0.25, 0.3) is 22.0 Å². The summed E-state index contributed by atoms with van der Waals surface area (Å²) in [5.74, 6) is -3.64. The maximum atomic E-state index is 16.3. The van der Waals surface area contributed by atoms with Crippen molar-refractivity contribution in [3.63, 3.8) is 0 Å². The number of anilines is 2. The van der Waals surface area contributed by atoms with Gasteiger partial charge in [0.1, 0.15) is 41.5 Å². The van der Waals surface area contributed by atoms with E-state index in [2.05, 4.69) is 19.7 Å². The second-order valence-electron chi connectivity index (χ2n) is 9.69. The van der Waals surface area contributed by atoms with Gasteiger partial charge in [-0.15, -0.1) is 0 Å². The molecular weight excluding hydrogens is 601 g/mol. The molecule has 0 saturated carbocycles. The highest BCUT2D eigenvalue weighted by Crippen LogP contribution is 2.36. The summed E-state index contributed by atoms with van der Waals surface area (Å²) in [6.45, 7) is 2.33. The molecule has 44 heavy (non-hydrogen) atoms. The van der Waals surface area contributed by atoms with Crippen LogP contribution < -0.4 is 14.4 Å². The van der Waals surface area contributed by atoms with Crippen LogP contribution in [0.15, 0.2) is 65.9 Å². The lowest BCUT2D eigenvalue weighted by atomic mass is 10.0. The largest absolute Gasteiger partial charge is 0.480 e. The van der Waals surface area contributed by atoms with E-state index in [4.69, 9.17) is 6.11 Å². The number of rotatable bonds is 8. The smallest absolute Gasteiger partial charge is 0.265 e. The van der Waals surface area contributed by atoms with Crippen LogP contribution in [0.2, 0.25) is 0 Å². The Morgan fingerprint density at radius 2 is 1.77 bits per heavy atom. The van der Waals surface area contributed by atoms with Gasteiger partial charge in [-0.2, -0.15) is 0 Å². The minimum absolute atomic E-state index is 0.0143. The number of ketones is 1. The fraction of sp³-hybridized carbons (Fsp3) is 0.207. The molecule has 0 radical (unpaired) electrons. The number of pyridine rings is 1. The molecule has 1 N–H and O–H groups in total. The number of benzene rings is 2. The lowest BCUT2D eigenvalue weighted by Crippen LogP contribution is -2.48. The van der Waals surface area contributed by atoms with E-state index in [1.807, 2.05) is 0 Å². The second-order valence-corrected chi connectivity index (χ2v) is 11.3. The van der Waals surface area contributed by atoms with Gasteiger partial charge in [-0.3, -0.25) is 14.3 Å². The van der Waals surface area contributed by atoms with Crippen molar-refractivity contribution in [1.82, 2.24) is 19.9 Å². The van der Waals surface area contributed by atoms with Crippen molar-refractivity contribution in [3.8, 4) is 17.0 Å². The van der Waals surface area contributed by atoms with Crippen molar-refractivity contribution in [2.24, 2.45) is 0 Å². The third kappa shape index (κ3) is 6.17. The van der Waals surface area contributed by atoms with E-state index < -0.39 is 32.4 Å². The van der Waals surface area contributed by atoms with Gasteiger partial charge in [0.15, 0.2) is 5.78 Å². The van der Waals surface area contributed by atoms with E-state index >= 15 is 4.39 Å². The number of allylic oxidation sites excluding steroid dienone is 1. The van der Waals surface area contributed by atoms with Gasteiger partial charge in [0.25, 0.3) is 10.0 Å². The van der Waals surface area contributed by atoms with Gasteiger partial charge in [-0.25, -0.2) is 36.5 Å². The van der Waals surface area contributed by atoms with Crippen molar-refractivity contribution >= 4 is 44.1 Å². The number of hydrogen-bond donors (Lipinski definition) is 1. The van der Waals surface area contributed by atoms with E-state index in [9.17, 15) is 26.8 Å². The predicted octanol–water partition coefficient (Wildman–Crippen LogP) is 3.71. The fourth-order valence-corrected chi connectivity index (χ4v) is 5.79. The van der Waals surface area contributed by atoms with Crippen LogP contribution in [0.5, 0.6) is 5.88 Å². The molecular formula is C29H25F3N6O5S. The highest BCUT2D eigenvalue weighted by atomic mass is 32.2. The molecule has 0 spiro atoms. The molecule has 2 aromatic heterocycles. The van der Waals surface area contributed by atoms with Gasteiger partial charge < -0.3 is 14.5 Å². The Labute approximate surface area is 251 Å². The van der Waals surface area contributed by atoms with Crippen LogP contribution in [0.4, 0.5) is 24.7 Å². The summed E-state index contributed by atoms with van der Waals surface area (Å²) in [4.78, 5) is 38.2. The SMILES string of the molecule is [2H]c1nc(N2CCN(C(=O)/C=C/C(C)=O)CC2)c2c(F)c(-c3cnc(OC)c(NS(=O)(=O)c4cc(F)ccc4F)c3)ccc2n1. The van der Waals surface area contributed by atoms with Crippen LogP contribution in [-0.4, -0.2) is 73.2 Å². The molecule has 5 rings (SSSR count). The highest BCUT2D eigenvalue weighted by molar-refractivity contribution is 7.92. The van der Waals surface area contributed by atoms with Crippen LogP contribution in [0, 0.1) is 17.5 Å². The first-order valence-corrected chi connectivity index (χ1v) is 14.6. The number of fused-ring (bicyclic) bond motifs is 1. The second kappa shape index (κ2) is 12.3. The summed E-state index contributed by atoms with van der Waals surface area (Å²) in [7, 11) is -3.45. The number of aromatic nitrogens is 3. The van der Waals surface area contributed by atoms with E-state index in [0.29, 0.717) is 12.1 Å². The number of ether oxygens (including phenoxy) is 1. The first-order valence-electron chi connectivity index (χ1n) is 13.6. The van der Waals surface area contributed by atoms with E-state index in [1.54, 1.807) is 4.90 Å².